The van der Waals surface area contributed by atoms with E-state index in [2.05, 4.69) is 6.58 Å². The lowest BCUT2D eigenvalue weighted by Gasteiger charge is -2.19. The molecule has 0 heterocycles. The first kappa shape index (κ1) is 10.4. The normalized spacial score (nSPS) is 11.7. The number of allylic oxidation sites excluding steroid dienone is 1. The Morgan fingerprint density at radius 1 is 1.55 bits per heavy atom. The lowest BCUT2D eigenvalue weighted by Crippen LogP contribution is -2.17. The molecule has 0 fully saturated rings. The summed E-state index contributed by atoms with van der Waals surface area (Å²) in [4.78, 5) is 11.3. The predicted octanol–water partition coefficient (Wildman–Crippen LogP) is 2.81. The minimum absolute atomic E-state index is 0.0403. The first-order valence-corrected chi connectivity index (χ1v) is 4.05. The Morgan fingerprint density at radius 3 is 2.27 bits per heavy atom. The SMILES string of the molecule is C=CC(C)(C)CC(=O)C(C)C. The van der Waals surface area contributed by atoms with Crippen molar-refractivity contribution in [1.82, 2.24) is 0 Å². The van der Waals surface area contributed by atoms with E-state index in [1.165, 1.54) is 0 Å². The molecule has 1 nitrogen and oxygen atoms in total. The van der Waals surface area contributed by atoms with Crippen molar-refractivity contribution in [3.05, 3.63) is 12.7 Å². The fourth-order valence-electron chi connectivity index (χ4n) is 0.725. The van der Waals surface area contributed by atoms with Crippen LogP contribution in [0.2, 0.25) is 0 Å². The Hall–Kier alpha value is -0.590. The Labute approximate surface area is 69.5 Å². The summed E-state index contributed by atoms with van der Waals surface area (Å²) in [6.07, 6.45) is 2.45. The Morgan fingerprint density at radius 2 is 2.00 bits per heavy atom. The molecule has 11 heavy (non-hydrogen) atoms. The molecule has 0 aliphatic carbocycles. The maximum absolute atomic E-state index is 11.3. The van der Waals surface area contributed by atoms with Gasteiger partial charge in [0.25, 0.3) is 0 Å². The summed E-state index contributed by atoms with van der Waals surface area (Å²) in [5.41, 5.74) is -0.0403. The van der Waals surface area contributed by atoms with Gasteiger partial charge in [-0.2, -0.15) is 0 Å². The third-order valence-corrected chi connectivity index (χ3v) is 1.83. The molecule has 0 aliphatic rings. The van der Waals surface area contributed by atoms with Gasteiger partial charge in [0.15, 0.2) is 0 Å². The molecule has 0 amide bonds. The number of hydrogen-bond acceptors (Lipinski definition) is 1. The Bertz CT molecular complexity index is 154. The van der Waals surface area contributed by atoms with Crippen LogP contribution in [0.4, 0.5) is 0 Å². The number of Topliss-reactive ketones (excluding diaryl/α,β-unsaturated/α-hetero) is 1. The van der Waals surface area contributed by atoms with Crippen LogP contribution in [0.1, 0.15) is 34.1 Å². The minimum Gasteiger partial charge on any atom is -0.299 e. The Balaban J connectivity index is 4.04. The molecule has 0 saturated carbocycles. The van der Waals surface area contributed by atoms with Crippen LogP contribution in [0.25, 0.3) is 0 Å². The van der Waals surface area contributed by atoms with E-state index in [0.29, 0.717) is 12.2 Å². The zero-order valence-electron chi connectivity index (χ0n) is 7.98. The third kappa shape index (κ3) is 3.97. The summed E-state index contributed by atoms with van der Waals surface area (Å²) in [6.45, 7) is 11.6. The molecule has 0 spiro atoms. The van der Waals surface area contributed by atoms with Gasteiger partial charge < -0.3 is 0 Å². The zero-order chi connectivity index (χ0) is 9.07. The third-order valence-electron chi connectivity index (χ3n) is 1.83. The Kier molecular flexibility index (Phi) is 3.50. The average Bonchev–Trinajstić information content (AvgIpc) is 1.87. The van der Waals surface area contributed by atoms with E-state index in [4.69, 9.17) is 0 Å². The van der Waals surface area contributed by atoms with Gasteiger partial charge in [0.2, 0.25) is 0 Å². The zero-order valence-corrected chi connectivity index (χ0v) is 7.98. The standard InChI is InChI=1S/C10H18O/c1-6-10(4,5)7-9(11)8(2)3/h6,8H,1,7H2,2-5H3. The van der Waals surface area contributed by atoms with Crippen molar-refractivity contribution in [2.75, 3.05) is 0 Å². The molecule has 0 aromatic rings. The maximum Gasteiger partial charge on any atom is 0.136 e. The number of rotatable bonds is 4. The fourth-order valence-corrected chi connectivity index (χ4v) is 0.725. The van der Waals surface area contributed by atoms with Crippen LogP contribution in [-0.4, -0.2) is 5.78 Å². The molecular weight excluding hydrogens is 136 g/mol. The molecule has 64 valence electrons. The van der Waals surface area contributed by atoms with Crippen molar-refractivity contribution in [3.8, 4) is 0 Å². The number of carbonyl (C=O) groups is 1. The lowest BCUT2D eigenvalue weighted by atomic mass is 9.85. The van der Waals surface area contributed by atoms with Crippen molar-refractivity contribution >= 4 is 5.78 Å². The van der Waals surface area contributed by atoms with Gasteiger partial charge in [-0.3, -0.25) is 4.79 Å². The smallest absolute Gasteiger partial charge is 0.136 e. The molecule has 0 aromatic carbocycles. The highest BCUT2D eigenvalue weighted by Gasteiger charge is 2.19. The van der Waals surface area contributed by atoms with Crippen LogP contribution < -0.4 is 0 Å². The average molecular weight is 154 g/mol. The molecule has 0 rings (SSSR count). The monoisotopic (exact) mass is 154 g/mol. The molecule has 0 N–H and O–H groups in total. The van der Waals surface area contributed by atoms with Crippen LogP contribution in [0.3, 0.4) is 0 Å². The molecule has 0 aliphatic heterocycles. The predicted molar refractivity (Wildman–Crippen MR) is 48.4 cm³/mol. The van der Waals surface area contributed by atoms with Crippen LogP contribution in [0, 0.1) is 11.3 Å². The van der Waals surface area contributed by atoms with Gasteiger partial charge in [-0.15, -0.1) is 6.58 Å². The maximum atomic E-state index is 11.3. The van der Waals surface area contributed by atoms with Crippen molar-refractivity contribution in [3.63, 3.8) is 0 Å². The van der Waals surface area contributed by atoms with Gasteiger partial charge in [0.05, 0.1) is 0 Å². The van der Waals surface area contributed by atoms with E-state index in [1.807, 2.05) is 33.8 Å². The van der Waals surface area contributed by atoms with Crippen molar-refractivity contribution in [1.29, 1.82) is 0 Å². The molecule has 0 aromatic heterocycles. The molecule has 0 saturated heterocycles. The summed E-state index contributed by atoms with van der Waals surface area (Å²) in [6, 6.07) is 0. The van der Waals surface area contributed by atoms with Gasteiger partial charge in [0, 0.05) is 12.3 Å². The first-order valence-electron chi connectivity index (χ1n) is 4.05. The van der Waals surface area contributed by atoms with E-state index in [9.17, 15) is 4.79 Å². The van der Waals surface area contributed by atoms with Gasteiger partial charge in [-0.1, -0.05) is 33.8 Å². The largest absolute Gasteiger partial charge is 0.299 e. The molecular formula is C10H18O. The molecule has 0 radical (unpaired) electrons. The van der Waals surface area contributed by atoms with Gasteiger partial charge in [0.1, 0.15) is 5.78 Å². The second-order valence-corrected chi connectivity index (χ2v) is 3.99. The fraction of sp³-hybridized carbons (Fsp3) is 0.700. The van der Waals surface area contributed by atoms with Gasteiger partial charge >= 0.3 is 0 Å². The number of carbonyl (C=O) groups excluding carboxylic acids is 1. The topological polar surface area (TPSA) is 17.1 Å². The van der Waals surface area contributed by atoms with Crippen LogP contribution in [-0.2, 0) is 4.79 Å². The van der Waals surface area contributed by atoms with Crippen molar-refractivity contribution < 1.29 is 4.79 Å². The summed E-state index contributed by atoms with van der Waals surface area (Å²) < 4.78 is 0. The highest BCUT2D eigenvalue weighted by Crippen LogP contribution is 2.23. The van der Waals surface area contributed by atoms with Crippen molar-refractivity contribution in [2.24, 2.45) is 11.3 Å². The van der Waals surface area contributed by atoms with Crippen molar-refractivity contribution in [2.45, 2.75) is 34.1 Å². The van der Waals surface area contributed by atoms with E-state index >= 15 is 0 Å². The van der Waals surface area contributed by atoms with E-state index in [-0.39, 0.29) is 11.3 Å². The van der Waals surface area contributed by atoms with Gasteiger partial charge in [-0.05, 0) is 5.41 Å². The quantitative estimate of drug-likeness (QED) is 0.569. The molecule has 0 bridgehead atoms. The summed E-state index contributed by atoms with van der Waals surface area (Å²) in [5.74, 6) is 0.462. The highest BCUT2D eigenvalue weighted by atomic mass is 16.1. The second-order valence-electron chi connectivity index (χ2n) is 3.99. The van der Waals surface area contributed by atoms with Crippen LogP contribution in [0.5, 0.6) is 0 Å². The number of hydrogen-bond donors (Lipinski definition) is 0. The van der Waals surface area contributed by atoms with Crippen LogP contribution >= 0.6 is 0 Å². The second kappa shape index (κ2) is 3.70. The van der Waals surface area contributed by atoms with E-state index in [0.717, 1.165) is 0 Å². The van der Waals surface area contributed by atoms with Crippen LogP contribution in [0.15, 0.2) is 12.7 Å². The van der Waals surface area contributed by atoms with Gasteiger partial charge in [-0.25, -0.2) is 0 Å². The van der Waals surface area contributed by atoms with E-state index < -0.39 is 0 Å². The molecule has 0 unspecified atom stereocenters. The summed E-state index contributed by atoms with van der Waals surface area (Å²) >= 11 is 0. The summed E-state index contributed by atoms with van der Waals surface area (Å²) in [5, 5.41) is 0. The first-order chi connectivity index (χ1) is 4.89. The minimum atomic E-state index is -0.0403. The number of ketones is 1. The van der Waals surface area contributed by atoms with E-state index in [1.54, 1.807) is 0 Å². The summed E-state index contributed by atoms with van der Waals surface area (Å²) in [7, 11) is 0. The highest BCUT2D eigenvalue weighted by molar-refractivity contribution is 5.81. The lowest BCUT2D eigenvalue weighted by molar-refractivity contribution is -0.123. The molecule has 1 heteroatoms. The molecule has 0 atom stereocenters.